The molecular formula is C13H23N3. The molecule has 0 aliphatic heterocycles. The highest BCUT2D eigenvalue weighted by atomic mass is 15.0. The van der Waals surface area contributed by atoms with E-state index >= 15 is 0 Å². The average molecular weight is 221 g/mol. The number of nitrogens with one attached hydrogen (secondary N) is 1. The summed E-state index contributed by atoms with van der Waals surface area (Å²) in [5, 5.41) is 3.37. The van der Waals surface area contributed by atoms with Gasteiger partial charge in [0.2, 0.25) is 0 Å². The quantitative estimate of drug-likeness (QED) is 0.802. The molecular weight excluding hydrogens is 198 g/mol. The van der Waals surface area contributed by atoms with Crippen molar-refractivity contribution in [1.29, 1.82) is 0 Å². The third-order valence-electron chi connectivity index (χ3n) is 2.80. The minimum atomic E-state index is 0.311. The van der Waals surface area contributed by atoms with Gasteiger partial charge in [0.05, 0.1) is 11.4 Å². The molecule has 0 radical (unpaired) electrons. The second kappa shape index (κ2) is 5.19. The van der Waals surface area contributed by atoms with Gasteiger partial charge in [0, 0.05) is 6.54 Å². The van der Waals surface area contributed by atoms with Crippen molar-refractivity contribution in [3.8, 4) is 0 Å². The van der Waals surface area contributed by atoms with Gasteiger partial charge >= 0.3 is 0 Å². The van der Waals surface area contributed by atoms with Gasteiger partial charge in [-0.05, 0) is 30.9 Å². The van der Waals surface area contributed by atoms with Crippen LogP contribution in [0.15, 0.2) is 12.1 Å². The minimum absolute atomic E-state index is 0.311. The van der Waals surface area contributed by atoms with Gasteiger partial charge in [0.1, 0.15) is 5.82 Å². The van der Waals surface area contributed by atoms with E-state index < -0.39 is 0 Å². The van der Waals surface area contributed by atoms with Crippen LogP contribution in [0.4, 0.5) is 11.5 Å². The number of aryl methyl sites for hydroxylation is 1. The van der Waals surface area contributed by atoms with Crippen molar-refractivity contribution in [2.45, 2.75) is 40.5 Å². The van der Waals surface area contributed by atoms with Gasteiger partial charge in [-0.3, -0.25) is 0 Å². The normalized spacial score (nSPS) is 11.5. The van der Waals surface area contributed by atoms with Crippen LogP contribution in [0, 0.1) is 12.3 Å². The third kappa shape index (κ3) is 3.72. The molecule has 0 fully saturated rings. The Balaban J connectivity index is 2.57. The van der Waals surface area contributed by atoms with Crippen LogP contribution in [0.25, 0.3) is 0 Å². The first-order chi connectivity index (χ1) is 7.44. The Morgan fingerprint density at radius 2 is 2.06 bits per heavy atom. The number of aromatic nitrogens is 1. The largest absolute Gasteiger partial charge is 0.397 e. The molecule has 0 atom stereocenters. The molecule has 0 aromatic carbocycles. The van der Waals surface area contributed by atoms with Gasteiger partial charge in [-0.25, -0.2) is 4.98 Å². The highest BCUT2D eigenvalue weighted by Gasteiger charge is 2.16. The summed E-state index contributed by atoms with van der Waals surface area (Å²) in [6.07, 6.45) is 2.43. The maximum absolute atomic E-state index is 5.73. The summed E-state index contributed by atoms with van der Waals surface area (Å²) in [5.74, 6) is 0.913. The standard InChI is InChI=1S/C13H23N3/c1-5-8-13(3,4)9-15-12-7-6-11(14)10(2)16-12/h6-7H,5,8-9,14H2,1-4H3,(H,15,16). The van der Waals surface area contributed by atoms with Gasteiger partial charge in [0.25, 0.3) is 0 Å². The van der Waals surface area contributed by atoms with Crippen LogP contribution in [0.1, 0.15) is 39.3 Å². The number of nitrogen functional groups attached to an aromatic ring is 1. The van der Waals surface area contributed by atoms with Crippen LogP contribution >= 0.6 is 0 Å². The van der Waals surface area contributed by atoms with Crippen molar-refractivity contribution in [3.05, 3.63) is 17.8 Å². The van der Waals surface area contributed by atoms with Crippen LogP contribution < -0.4 is 11.1 Å². The predicted molar refractivity (Wildman–Crippen MR) is 70.6 cm³/mol. The Hall–Kier alpha value is -1.25. The van der Waals surface area contributed by atoms with Gasteiger partial charge < -0.3 is 11.1 Å². The molecule has 1 rings (SSSR count). The van der Waals surface area contributed by atoms with Crippen LogP contribution in [0.2, 0.25) is 0 Å². The highest BCUT2D eigenvalue weighted by Crippen LogP contribution is 2.22. The fourth-order valence-electron chi connectivity index (χ4n) is 1.77. The number of hydrogen-bond donors (Lipinski definition) is 2. The molecule has 0 aliphatic rings. The molecule has 0 aliphatic carbocycles. The number of nitrogens with two attached hydrogens (primary N) is 1. The van der Waals surface area contributed by atoms with E-state index in [0.29, 0.717) is 5.41 Å². The number of anilines is 2. The van der Waals surface area contributed by atoms with Gasteiger partial charge in [-0.2, -0.15) is 0 Å². The van der Waals surface area contributed by atoms with Crippen molar-refractivity contribution in [2.75, 3.05) is 17.6 Å². The molecule has 0 saturated heterocycles. The molecule has 1 aromatic heterocycles. The van der Waals surface area contributed by atoms with Crippen molar-refractivity contribution in [1.82, 2.24) is 4.98 Å². The Labute approximate surface area is 98.5 Å². The van der Waals surface area contributed by atoms with Crippen molar-refractivity contribution in [3.63, 3.8) is 0 Å². The van der Waals surface area contributed by atoms with Gasteiger partial charge in [0.15, 0.2) is 0 Å². The molecule has 0 unspecified atom stereocenters. The fourth-order valence-corrected chi connectivity index (χ4v) is 1.77. The number of nitrogens with zero attached hydrogens (tertiary/aromatic N) is 1. The van der Waals surface area contributed by atoms with Crippen LogP contribution in [-0.2, 0) is 0 Å². The van der Waals surface area contributed by atoms with Crippen molar-refractivity contribution >= 4 is 11.5 Å². The minimum Gasteiger partial charge on any atom is -0.397 e. The molecule has 16 heavy (non-hydrogen) atoms. The molecule has 0 bridgehead atoms. The molecule has 3 N–H and O–H groups in total. The molecule has 3 nitrogen and oxygen atoms in total. The smallest absolute Gasteiger partial charge is 0.126 e. The monoisotopic (exact) mass is 221 g/mol. The van der Waals surface area contributed by atoms with Crippen LogP contribution in [-0.4, -0.2) is 11.5 Å². The molecule has 0 saturated carbocycles. The number of pyridine rings is 1. The summed E-state index contributed by atoms with van der Waals surface area (Å²) in [7, 11) is 0. The van der Waals surface area contributed by atoms with E-state index in [2.05, 4.69) is 31.1 Å². The summed E-state index contributed by atoms with van der Waals surface area (Å²) >= 11 is 0. The van der Waals surface area contributed by atoms with Gasteiger partial charge in [-0.1, -0.05) is 27.2 Å². The second-order valence-corrected chi connectivity index (χ2v) is 5.14. The Morgan fingerprint density at radius 3 is 2.62 bits per heavy atom. The second-order valence-electron chi connectivity index (χ2n) is 5.14. The fraction of sp³-hybridized carbons (Fsp3) is 0.615. The molecule has 3 heteroatoms. The van der Waals surface area contributed by atoms with E-state index in [1.54, 1.807) is 0 Å². The Kier molecular flexibility index (Phi) is 4.16. The molecule has 0 amide bonds. The van der Waals surface area contributed by atoms with E-state index in [9.17, 15) is 0 Å². The Morgan fingerprint density at radius 1 is 1.38 bits per heavy atom. The number of rotatable bonds is 5. The summed E-state index contributed by atoms with van der Waals surface area (Å²) < 4.78 is 0. The summed E-state index contributed by atoms with van der Waals surface area (Å²) in [6, 6.07) is 3.84. The molecule has 0 spiro atoms. The zero-order valence-electron chi connectivity index (χ0n) is 10.8. The maximum atomic E-state index is 5.73. The SMILES string of the molecule is CCCC(C)(C)CNc1ccc(N)c(C)n1. The van der Waals surface area contributed by atoms with Gasteiger partial charge in [-0.15, -0.1) is 0 Å². The zero-order valence-corrected chi connectivity index (χ0v) is 10.8. The first-order valence-corrected chi connectivity index (χ1v) is 5.91. The Bertz CT molecular complexity index is 345. The highest BCUT2D eigenvalue weighted by molar-refractivity contribution is 5.49. The number of hydrogen-bond acceptors (Lipinski definition) is 3. The lowest BCUT2D eigenvalue weighted by molar-refractivity contribution is 0.354. The summed E-state index contributed by atoms with van der Waals surface area (Å²) in [5.41, 5.74) is 7.68. The maximum Gasteiger partial charge on any atom is 0.126 e. The summed E-state index contributed by atoms with van der Waals surface area (Å²) in [4.78, 5) is 4.40. The lowest BCUT2D eigenvalue weighted by Gasteiger charge is -2.24. The van der Waals surface area contributed by atoms with Crippen molar-refractivity contribution < 1.29 is 0 Å². The lowest BCUT2D eigenvalue weighted by Crippen LogP contribution is -2.23. The lowest BCUT2D eigenvalue weighted by atomic mass is 9.88. The van der Waals surface area contributed by atoms with Crippen LogP contribution in [0.5, 0.6) is 0 Å². The first-order valence-electron chi connectivity index (χ1n) is 5.91. The van der Waals surface area contributed by atoms with E-state index in [0.717, 1.165) is 23.7 Å². The molecule has 1 aromatic rings. The predicted octanol–water partition coefficient (Wildman–Crippen LogP) is 3.21. The van der Waals surface area contributed by atoms with Crippen LogP contribution in [0.3, 0.4) is 0 Å². The van der Waals surface area contributed by atoms with Crippen molar-refractivity contribution in [2.24, 2.45) is 5.41 Å². The van der Waals surface area contributed by atoms with E-state index in [1.807, 2.05) is 19.1 Å². The molecule has 90 valence electrons. The first kappa shape index (κ1) is 12.8. The van der Waals surface area contributed by atoms with E-state index in [4.69, 9.17) is 5.73 Å². The van der Waals surface area contributed by atoms with E-state index in [-0.39, 0.29) is 0 Å². The third-order valence-corrected chi connectivity index (χ3v) is 2.80. The van der Waals surface area contributed by atoms with E-state index in [1.165, 1.54) is 12.8 Å². The molecule has 1 heterocycles. The summed E-state index contributed by atoms with van der Waals surface area (Å²) in [6.45, 7) is 9.63. The zero-order chi connectivity index (χ0) is 12.2. The average Bonchev–Trinajstić information content (AvgIpc) is 2.20. The topological polar surface area (TPSA) is 50.9 Å².